The summed E-state index contributed by atoms with van der Waals surface area (Å²) in [5, 5.41) is 0. The van der Waals surface area contributed by atoms with E-state index in [1.165, 1.54) is 23.3 Å². The van der Waals surface area contributed by atoms with Crippen LogP contribution in [0, 0.1) is 23.2 Å². The molecule has 2 aliphatic rings. The number of Topliss-reactive ketones (excluding diaryl/α,β-unsaturated/α-hetero) is 1. The first-order valence-electron chi connectivity index (χ1n) is 16.6. The number of allylic oxidation sites excluding steroid dienone is 1. The lowest BCUT2D eigenvalue weighted by Gasteiger charge is -2.47. The zero-order chi connectivity index (χ0) is 34.6. The number of ketones is 1. The van der Waals surface area contributed by atoms with E-state index in [2.05, 4.69) is 30.7 Å². The summed E-state index contributed by atoms with van der Waals surface area (Å²) in [6.45, 7) is 17.3. The lowest BCUT2D eigenvalue weighted by atomic mass is 9.71. The maximum Gasteiger partial charge on any atom is 0.420 e. The Balaban J connectivity index is 2.02. The molecule has 260 valence electrons. The number of aromatic nitrogens is 2. The topological polar surface area (TPSA) is 118 Å². The molecule has 10 atom stereocenters. The second kappa shape index (κ2) is 15.5. The smallest absolute Gasteiger partial charge is 0.420 e. The van der Waals surface area contributed by atoms with E-state index < -0.39 is 41.4 Å². The Kier molecular flexibility index (Phi) is 12.8. The zero-order valence-corrected chi connectivity index (χ0v) is 29.9. The third kappa shape index (κ3) is 8.85. The third-order valence-electron chi connectivity index (χ3n) is 9.68. The molecule has 11 nitrogen and oxygen atoms in total. The molecular formula is C35H57N3O8. The summed E-state index contributed by atoms with van der Waals surface area (Å²) in [5.74, 6) is -1.46. The minimum absolute atomic E-state index is 0.0360. The molecule has 0 saturated carbocycles. The van der Waals surface area contributed by atoms with Gasteiger partial charge in [-0.3, -0.25) is 9.59 Å². The molecule has 1 aromatic rings. The Morgan fingerprint density at radius 1 is 1.11 bits per heavy atom. The molecule has 2 aliphatic heterocycles. The fourth-order valence-electron chi connectivity index (χ4n) is 7.46. The SMILES string of the molecule is CC[C@H]1OC(=O)C(C)CC(C)C(OC2O[C@H](C)CC(N(C)C)C2OC)C(C)(C)CC(C)C(=O)/C(C)=C/C1(C)OC(=O)n1ccnc1. The van der Waals surface area contributed by atoms with E-state index in [1.54, 1.807) is 27.0 Å². The summed E-state index contributed by atoms with van der Waals surface area (Å²) >= 11 is 0. The molecule has 3 heterocycles. The van der Waals surface area contributed by atoms with Gasteiger partial charge in [0.1, 0.15) is 18.5 Å². The number of nitrogens with zero attached hydrogens (tertiary/aromatic N) is 3. The van der Waals surface area contributed by atoms with Gasteiger partial charge < -0.3 is 28.6 Å². The third-order valence-corrected chi connectivity index (χ3v) is 9.68. The van der Waals surface area contributed by atoms with Crippen LogP contribution < -0.4 is 0 Å². The average Bonchev–Trinajstić information content (AvgIpc) is 3.52. The monoisotopic (exact) mass is 647 g/mol. The number of carbonyl (C=O) groups excluding carboxylic acids is 3. The van der Waals surface area contributed by atoms with Crippen molar-refractivity contribution in [2.75, 3.05) is 21.2 Å². The van der Waals surface area contributed by atoms with Gasteiger partial charge in [-0.05, 0) is 83.5 Å². The van der Waals surface area contributed by atoms with Crippen LogP contribution in [0.2, 0.25) is 0 Å². The molecule has 11 heteroatoms. The molecule has 1 saturated heterocycles. The van der Waals surface area contributed by atoms with Crippen molar-refractivity contribution in [3.8, 4) is 0 Å². The van der Waals surface area contributed by atoms with Crippen molar-refractivity contribution in [1.29, 1.82) is 0 Å². The average molecular weight is 648 g/mol. The number of ether oxygens (including phenoxy) is 5. The standard InChI is InChI=1S/C35H57N3O8/c1-13-27-35(9,46-33(41)38-15-14-36-20-38)19-24(5)28(39)23(4)18-34(7,8)30(21(2)16-22(3)31(40)44-27)45-32-29(42-12)26(37(10)11)17-25(6)43-32/h14-15,19-23,25-27,29-30,32H,13,16-18H2,1-12H3/b24-19+/t21?,22?,23?,25-,26?,27-,29?,30?,32?,35?/m1/s1. The molecule has 3 rings (SSSR count). The minimum Gasteiger partial charge on any atom is -0.458 e. The number of carbonyl (C=O) groups is 3. The lowest BCUT2D eigenvalue weighted by molar-refractivity contribution is -0.291. The molecule has 0 aliphatic carbocycles. The van der Waals surface area contributed by atoms with Gasteiger partial charge in [0.15, 0.2) is 17.7 Å². The van der Waals surface area contributed by atoms with Gasteiger partial charge in [-0.2, -0.15) is 0 Å². The summed E-state index contributed by atoms with van der Waals surface area (Å²) in [6, 6.07) is 0.0982. The van der Waals surface area contributed by atoms with Crippen molar-refractivity contribution in [3.05, 3.63) is 30.4 Å². The highest BCUT2D eigenvalue weighted by Crippen LogP contribution is 2.41. The Morgan fingerprint density at radius 3 is 2.35 bits per heavy atom. The molecule has 0 aromatic carbocycles. The van der Waals surface area contributed by atoms with Crippen LogP contribution in [0.4, 0.5) is 4.79 Å². The van der Waals surface area contributed by atoms with Crippen molar-refractivity contribution >= 4 is 17.8 Å². The van der Waals surface area contributed by atoms with Gasteiger partial charge in [0.2, 0.25) is 0 Å². The van der Waals surface area contributed by atoms with Crippen LogP contribution in [0.15, 0.2) is 30.4 Å². The largest absolute Gasteiger partial charge is 0.458 e. The van der Waals surface area contributed by atoms with Gasteiger partial charge in [0.25, 0.3) is 0 Å². The molecular weight excluding hydrogens is 590 g/mol. The maximum absolute atomic E-state index is 13.9. The van der Waals surface area contributed by atoms with Crippen molar-refractivity contribution in [1.82, 2.24) is 14.5 Å². The molecule has 0 N–H and O–H groups in total. The number of imidazole rings is 1. The van der Waals surface area contributed by atoms with Crippen molar-refractivity contribution in [3.63, 3.8) is 0 Å². The van der Waals surface area contributed by atoms with Crippen LogP contribution in [0.5, 0.6) is 0 Å². The normalized spacial score (nSPS) is 37.6. The second-order valence-corrected chi connectivity index (χ2v) is 14.6. The first-order valence-corrected chi connectivity index (χ1v) is 16.6. The highest BCUT2D eigenvalue weighted by atomic mass is 16.7. The minimum atomic E-state index is -1.41. The van der Waals surface area contributed by atoms with Gasteiger partial charge in [-0.25, -0.2) is 14.3 Å². The highest BCUT2D eigenvalue weighted by Gasteiger charge is 2.46. The molecule has 0 bridgehead atoms. The molecule has 8 unspecified atom stereocenters. The number of rotatable bonds is 6. The van der Waals surface area contributed by atoms with Gasteiger partial charge in [-0.1, -0.05) is 41.5 Å². The van der Waals surface area contributed by atoms with Crippen molar-refractivity contribution < 1.29 is 38.1 Å². The first kappa shape index (κ1) is 37.9. The Labute approximate surface area is 275 Å². The van der Waals surface area contributed by atoms with E-state index in [9.17, 15) is 14.4 Å². The highest BCUT2D eigenvalue weighted by molar-refractivity contribution is 5.96. The number of esters is 1. The number of likely N-dealkylation sites (N-methyl/N-ethyl adjacent to an activating group) is 1. The first-order chi connectivity index (χ1) is 21.4. The summed E-state index contributed by atoms with van der Waals surface area (Å²) in [7, 11) is 5.74. The summed E-state index contributed by atoms with van der Waals surface area (Å²) in [4.78, 5) is 46.7. The van der Waals surface area contributed by atoms with Gasteiger partial charge in [0, 0.05) is 31.5 Å². The molecule has 46 heavy (non-hydrogen) atoms. The van der Waals surface area contributed by atoms with Gasteiger partial charge in [0.05, 0.1) is 18.1 Å². The van der Waals surface area contributed by atoms with E-state index in [0.29, 0.717) is 24.8 Å². The predicted molar refractivity (Wildman–Crippen MR) is 174 cm³/mol. The Hall–Kier alpha value is -2.60. The molecule has 0 amide bonds. The fourth-order valence-corrected chi connectivity index (χ4v) is 7.46. The van der Waals surface area contributed by atoms with Crippen LogP contribution in [0.25, 0.3) is 0 Å². The van der Waals surface area contributed by atoms with Crippen LogP contribution >= 0.6 is 0 Å². The molecule has 0 spiro atoms. The van der Waals surface area contributed by atoms with Crippen LogP contribution in [0.3, 0.4) is 0 Å². The van der Waals surface area contributed by atoms with Gasteiger partial charge in [-0.15, -0.1) is 0 Å². The molecule has 1 fully saturated rings. The number of methoxy groups -OCH3 is 1. The predicted octanol–water partition coefficient (Wildman–Crippen LogP) is 5.66. The molecule has 1 aromatic heterocycles. The quantitative estimate of drug-likeness (QED) is 0.358. The van der Waals surface area contributed by atoms with Crippen LogP contribution in [-0.2, 0) is 33.3 Å². The molecule has 0 radical (unpaired) electrons. The van der Waals surface area contributed by atoms with E-state index >= 15 is 0 Å². The number of hydrogen-bond acceptors (Lipinski definition) is 10. The lowest BCUT2D eigenvalue weighted by Crippen LogP contribution is -2.57. The summed E-state index contributed by atoms with van der Waals surface area (Å²) in [6.07, 6.45) is 5.20. The number of cyclic esters (lactones) is 1. The van der Waals surface area contributed by atoms with Crippen molar-refractivity contribution in [2.24, 2.45) is 23.2 Å². The van der Waals surface area contributed by atoms with E-state index in [1.807, 2.05) is 41.8 Å². The Bertz CT molecular complexity index is 1210. The zero-order valence-electron chi connectivity index (χ0n) is 29.9. The van der Waals surface area contributed by atoms with E-state index in [4.69, 9.17) is 23.7 Å². The second-order valence-electron chi connectivity index (χ2n) is 14.6. The van der Waals surface area contributed by atoms with Crippen LogP contribution in [-0.4, -0.2) is 95.9 Å². The Morgan fingerprint density at radius 2 is 1.78 bits per heavy atom. The van der Waals surface area contributed by atoms with Gasteiger partial charge >= 0.3 is 12.1 Å². The fraction of sp³-hybridized carbons (Fsp3) is 0.771. The van der Waals surface area contributed by atoms with Crippen molar-refractivity contribution in [2.45, 2.75) is 130 Å². The number of hydrogen-bond donors (Lipinski definition) is 0. The summed E-state index contributed by atoms with van der Waals surface area (Å²) < 4.78 is 32.5. The summed E-state index contributed by atoms with van der Waals surface area (Å²) in [5.41, 5.74) is -1.48. The van der Waals surface area contributed by atoms with Crippen LogP contribution in [0.1, 0.15) is 88.0 Å². The maximum atomic E-state index is 13.9. The van der Waals surface area contributed by atoms with E-state index in [-0.39, 0.29) is 42.0 Å². The van der Waals surface area contributed by atoms with E-state index in [0.717, 1.165) is 6.42 Å².